The zero-order valence-electron chi connectivity index (χ0n) is 23.6. The molecule has 10 heteroatoms. The highest BCUT2D eigenvalue weighted by Gasteiger charge is 2.50. The van der Waals surface area contributed by atoms with E-state index in [-0.39, 0.29) is 17.4 Å². The Morgan fingerprint density at radius 3 is 2.59 bits per heavy atom. The van der Waals surface area contributed by atoms with Gasteiger partial charge in [-0.05, 0) is 73.9 Å². The number of nitrogens with one attached hydrogen (secondary N) is 1. The van der Waals surface area contributed by atoms with Gasteiger partial charge in [0, 0.05) is 73.1 Å². The van der Waals surface area contributed by atoms with Crippen LogP contribution in [0.5, 0.6) is 11.5 Å². The molecule has 0 radical (unpaired) electrons. The second-order valence-corrected chi connectivity index (χ2v) is 12.8. The number of nitrogens with zero attached hydrogens (tertiary/aromatic N) is 4. The first-order valence-corrected chi connectivity index (χ1v) is 15.5. The molecule has 9 nitrogen and oxygen atoms in total. The average Bonchev–Trinajstić information content (AvgIpc) is 3.47. The van der Waals surface area contributed by atoms with Gasteiger partial charge in [0.25, 0.3) is 5.91 Å². The second-order valence-electron chi connectivity index (χ2n) is 12.0. The predicted octanol–water partition coefficient (Wildman–Crippen LogP) is 4.81. The molecule has 4 heterocycles. The highest BCUT2D eigenvalue weighted by atomic mass is 32.2. The number of rotatable bonds is 7. The van der Waals surface area contributed by atoms with Gasteiger partial charge >= 0.3 is 0 Å². The van der Waals surface area contributed by atoms with Gasteiger partial charge in [0.05, 0.1) is 14.2 Å². The molecule has 1 N–H and O–H groups in total. The lowest BCUT2D eigenvalue weighted by Crippen LogP contribution is -2.49. The van der Waals surface area contributed by atoms with E-state index >= 15 is 0 Å². The molecule has 1 aromatic heterocycles. The number of carbonyl (C=O) groups excluding carboxylic acids is 1. The number of ether oxygens (including phenoxy) is 2. The zero-order valence-corrected chi connectivity index (χ0v) is 24.4. The van der Waals surface area contributed by atoms with Gasteiger partial charge in [-0.15, -0.1) is 0 Å². The maximum atomic E-state index is 13.5. The van der Waals surface area contributed by atoms with Crippen LogP contribution in [0.25, 0.3) is 11.3 Å². The van der Waals surface area contributed by atoms with Crippen LogP contribution in [0.3, 0.4) is 0 Å². The molecule has 2 aromatic carbocycles. The standard InChI is InChI=1S/C31H35N5O4S/c1-38-25-14-19(30(37)36-13-12-34-11-6-21(36)18-34)15-26(39-2)28(25)41-33-29-23-17-31(7-8-31)24-5-4-20(35-9-3-10-35)16-22(24)27(23)40-32-29/h4-5,14-16,21H,3,6-13,17-18H2,1-2H3,(H,32,33). The van der Waals surface area contributed by atoms with Crippen molar-refractivity contribution in [1.29, 1.82) is 0 Å². The first-order chi connectivity index (χ1) is 20.1. The Morgan fingerprint density at radius 1 is 1.07 bits per heavy atom. The number of fused-ring (bicyclic) bond motifs is 6. The van der Waals surface area contributed by atoms with Crippen molar-refractivity contribution < 1.29 is 18.8 Å². The SMILES string of the molecule is COc1cc(C(=O)N2CCN3CCC2C3)cc(OC)c1SNc1noc2c1CC1(CC1)c1ccc(N3CCC3)cc1-2. The van der Waals surface area contributed by atoms with Crippen LogP contribution in [-0.2, 0) is 11.8 Å². The summed E-state index contributed by atoms with van der Waals surface area (Å²) in [6, 6.07) is 10.8. The van der Waals surface area contributed by atoms with Gasteiger partial charge in [-0.2, -0.15) is 0 Å². The first-order valence-electron chi connectivity index (χ1n) is 14.7. The van der Waals surface area contributed by atoms with Crippen LogP contribution in [0.1, 0.15) is 47.2 Å². The lowest BCUT2D eigenvalue weighted by Gasteiger charge is -2.34. The second kappa shape index (κ2) is 9.59. The molecule has 4 fully saturated rings. The number of methoxy groups -OCH3 is 2. The van der Waals surface area contributed by atoms with Crippen molar-refractivity contribution in [3.63, 3.8) is 0 Å². The van der Waals surface area contributed by atoms with E-state index in [1.165, 1.54) is 48.0 Å². The fraction of sp³-hybridized carbons (Fsp3) is 0.484. The van der Waals surface area contributed by atoms with E-state index < -0.39 is 0 Å². The van der Waals surface area contributed by atoms with Crippen LogP contribution in [0, 0.1) is 0 Å². The summed E-state index contributed by atoms with van der Waals surface area (Å²) in [4.78, 5) is 21.2. The van der Waals surface area contributed by atoms with Crippen LogP contribution >= 0.6 is 11.9 Å². The van der Waals surface area contributed by atoms with Crippen LogP contribution in [0.2, 0.25) is 0 Å². The Hall–Kier alpha value is -3.37. The monoisotopic (exact) mass is 573 g/mol. The average molecular weight is 574 g/mol. The molecule has 3 aliphatic heterocycles. The molecule has 3 saturated heterocycles. The topological polar surface area (TPSA) is 83.3 Å². The molecule has 214 valence electrons. The third-order valence-electron chi connectivity index (χ3n) is 9.76. The third kappa shape index (κ3) is 4.09. The molecule has 5 aliphatic rings. The number of carbonyl (C=O) groups is 1. The minimum atomic E-state index is 0.0363. The largest absolute Gasteiger partial charge is 0.495 e. The van der Waals surface area contributed by atoms with Gasteiger partial charge in [-0.3, -0.25) is 9.69 Å². The van der Waals surface area contributed by atoms with E-state index in [0.717, 1.165) is 74.1 Å². The molecule has 2 aliphatic carbocycles. The van der Waals surface area contributed by atoms with Crippen molar-refractivity contribution in [2.24, 2.45) is 0 Å². The van der Waals surface area contributed by atoms with Gasteiger partial charge in [-0.25, -0.2) is 0 Å². The van der Waals surface area contributed by atoms with Crippen molar-refractivity contribution in [3.05, 3.63) is 47.0 Å². The van der Waals surface area contributed by atoms with Crippen molar-refractivity contribution in [1.82, 2.24) is 15.0 Å². The summed E-state index contributed by atoms with van der Waals surface area (Å²) in [5, 5.41) is 4.49. The number of piperazine rings is 1. The number of aromatic nitrogens is 1. The Bertz CT molecular complexity index is 1510. The van der Waals surface area contributed by atoms with E-state index in [4.69, 9.17) is 14.0 Å². The maximum Gasteiger partial charge on any atom is 0.254 e. The third-order valence-corrected chi connectivity index (χ3v) is 10.7. The van der Waals surface area contributed by atoms with E-state index in [1.54, 1.807) is 14.2 Å². The molecule has 2 unspecified atom stereocenters. The lowest BCUT2D eigenvalue weighted by atomic mass is 9.79. The smallest absolute Gasteiger partial charge is 0.254 e. The number of amides is 1. The van der Waals surface area contributed by atoms with Crippen LogP contribution < -0.4 is 19.1 Å². The van der Waals surface area contributed by atoms with Gasteiger partial charge in [0.2, 0.25) is 0 Å². The van der Waals surface area contributed by atoms with E-state index in [1.807, 2.05) is 17.0 Å². The van der Waals surface area contributed by atoms with Crippen LogP contribution in [0.15, 0.2) is 39.8 Å². The molecule has 1 saturated carbocycles. The number of anilines is 2. The molecule has 1 amide bonds. The van der Waals surface area contributed by atoms with Gasteiger partial charge in [-0.1, -0.05) is 11.2 Å². The van der Waals surface area contributed by atoms with Crippen molar-refractivity contribution in [3.8, 4) is 22.8 Å². The van der Waals surface area contributed by atoms with Crippen LogP contribution in [0.4, 0.5) is 11.5 Å². The van der Waals surface area contributed by atoms with Crippen LogP contribution in [-0.4, -0.2) is 80.4 Å². The Balaban J connectivity index is 1.07. The Kier molecular flexibility index (Phi) is 5.93. The lowest BCUT2D eigenvalue weighted by molar-refractivity contribution is 0.0608. The van der Waals surface area contributed by atoms with Crippen molar-refractivity contribution in [2.45, 2.75) is 48.5 Å². The zero-order chi connectivity index (χ0) is 27.7. The fourth-order valence-electron chi connectivity index (χ4n) is 7.09. The molecule has 3 aromatic rings. The first kappa shape index (κ1) is 25.3. The van der Waals surface area contributed by atoms with E-state index in [0.29, 0.717) is 17.1 Å². The quantitative estimate of drug-likeness (QED) is 0.401. The van der Waals surface area contributed by atoms with E-state index in [9.17, 15) is 4.79 Å². The molecule has 8 rings (SSSR count). The predicted molar refractivity (Wildman–Crippen MR) is 158 cm³/mol. The summed E-state index contributed by atoms with van der Waals surface area (Å²) in [7, 11) is 3.26. The molecule has 41 heavy (non-hydrogen) atoms. The van der Waals surface area contributed by atoms with Gasteiger partial charge < -0.3 is 28.5 Å². The summed E-state index contributed by atoms with van der Waals surface area (Å²) < 4.78 is 21.0. The number of hydrogen-bond donors (Lipinski definition) is 1. The normalized spacial score (nSPS) is 23.1. The molecule has 2 bridgehead atoms. The molecule has 1 spiro atoms. The summed E-state index contributed by atoms with van der Waals surface area (Å²) in [6.07, 6.45) is 5.58. The molecule has 2 atom stereocenters. The summed E-state index contributed by atoms with van der Waals surface area (Å²) in [5.74, 6) is 2.83. The molecular weight excluding hydrogens is 538 g/mol. The highest BCUT2D eigenvalue weighted by Crippen LogP contribution is 2.59. The Labute approximate surface area is 244 Å². The molecular formula is C31H35N5O4S. The van der Waals surface area contributed by atoms with E-state index in [2.05, 4.69) is 37.9 Å². The minimum Gasteiger partial charge on any atom is -0.495 e. The highest BCUT2D eigenvalue weighted by molar-refractivity contribution is 8.00. The summed E-state index contributed by atoms with van der Waals surface area (Å²) in [5.41, 5.74) is 5.74. The fourth-order valence-corrected chi connectivity index (χ4v) is 7.93. The summed E-state index contributed by atoms with van der Waals surface area (Å²) >= 11 is 1.38. The maximum absolute atomic E-state index is 13.5. The summed E-state index contributed by atoms with van der Waals surface area (Å²) in [6.45, 7) is 5.95. The number of benzene rings is 2. The Morgan fingerprint density at radius 2 is 1.88 bits per heavy atom. The van der Waals surface area contributed by atoms with Crippen molar-refractivity contribution >= 4 is 29.4 Å². The van der Waals surface area contributed by atoms with Gasteiger partial charge in [0.15, 0.2) is 11.6 Å². The number of hydrogen-bond acceptors (Lipinski definition) is 9. The minimum absolute atomic E-state index is 0.0363. The van der Waals surface area contributed by atoms with Crippen molar-refractivity contribution in [2.75, 3.05) is 63.1 Å². The van der Waals surface area contributed by atoms with Gasteiger partial charge in [0.1, 0.15) is 16.4 Å².